The van der Waals surface area contributed by atoms with Crippen LogP contribution in [-0.2, 0) is 11.3 Å². The molecule has 12 nitrogen and oxygen atoms in total. The van der Waals surface area contributed by atoms with Gasteiger partial charge < -0.3 is 25.6 Å². The number of fused-ring (bicyclic) bond motifs is 3. The van der Waals surface area contributed by atoms with Crippen LogP contribution >= 0.6 is 0 Å². The Hall–Kier alpha value is -4.58. The van der Waals surface area contributed by atoms with Gasteiger partial charge in [-0.15, -0.1) is 0 Å². The highest BCUT2D eigenvalue weighted by Gasteiger charge is 2.29. The number of anilines is 5. The van der Waals surface area contributed by atoms with Crippen LogP contribution in [0.1, 0.15) is 46.5 Å². The molecule has 1 fully saturated rings. The Balaban J connectivity index is 1.37. The minimum Gasteiger partial charge on any atom is -0.381 e. The highest BCUT2D eigenvalue weighted by Crippen LogP contribution is 2.44. The third kappa shape index (κ3) is 4.81. The summed E-state index contributed by atoms with van der Waals surface area (Å²) in [5.41, 5.74) is 6.39. The Morgan fingerprint density at radius 2 is 1.88 bits per heavy atom. The van der Waals surface area contributed by atoms with Gasteiger partial charge in [-0.3, -0.25) is 9.48 Å². The highest BCUT2D eigenvalue weighted by atomic mass is 16.5. The van der Waals surface area contributed by atoms with Gasteiger partial charge in [0.25, 0.3) is 5.91 Å². The maximum Gasteiger partial charge on any atom is 0.256 e. The van der Waals surface area contributed by atoms with Crippen LogP contribution < -0.4 is 20.9 Å². The summed E-state index contributed by atoms with van der Waals surface area (Å²) in [5.74, 6) is 1.62. The van der Waals surface area contributed by atoms with Gasteiger partial charge in [-0.2, -0.15) is 10.1 Å². The van der Waals surface area contributed by atoms with Gasteiger partial charge in [0.1, 0.15) is 23.0 Å². The van der Waals surface area contributed by atoms with Crippen LogP contribution in [0.3, 0.4) is 0 Å². The highest BCUT2D eigenvalue weighted by molar-refractivity contribution is 6.00. The molecule has 1 amide bonds. The maximum absolute atomic E-state index is 12.8. The Morgan fingerprint density at radius 1 is 1.05 bits per heavy atom. The monoisotopic (exact) mass is 540 g/mol. The van der Waals surface area contributed by atoms with Crippen molar-refractivity contribution in [2.24, 2.45) is 0 Å². The van der Waals surface area contributed by atoms with Crippen LogP contribution in [0.15, 0.2) is 36.7 Å². The largest absolute Gasteiger partial charge is 0.381 e. The van der Waals surface area contributed by atoms with E-state index in [2.05, 4.69) is 58.6 Å². The SMILES string of the molecule is CNC(=O)c1cnc(Nc2cc(C)nc(C)n2)nc1Nc1cccc2c1N(C)Cc1c-2cnn1C1CCOCC1. The van der Waals surface area contributed by atoms with E-state index in [0.29, 0.717) is 41.6 Å². The fourth-order valence-corrected chi connectivity index (χ4v) is 5.45. The molecule has 5 heterocycles. The molecular formula is C28H32N10O2. The summed E-state index contributed by atoms with van der Waals surface area (Å²) in [4.78, 5) is 32.7. The van der Waals surface area contributed by atoms with Crippen LogP contribution in [0.25, 0.3) is 11.1 Å². The first-order valence-corrected chi connectivity index (χ1v) is 13.4. The second-order valence-corrected chi connectivity index (χ2v) is 10.1. The number of nitrogens with zero attached hydrogens (tertiary/aromatic N) is 7. The summed E-state index contributed by atoms with van der Waals surface area (Å²) < 4.78 is 7.75. The molecule has 0 saturated carbocycles. The molecule has 6 rings (SSSR count). The lowest BCUT2D eigenvalue weighted by Crippen LogP contribution is -2.28. The number of carbonyl (C=O) groups excluding carboxylic acids is 1. The van der Waals surface area contributed by atoms with Gasteiger partial charge in [0, 0.05) is 56.4 Å². The number of hydrogen-bond donors (Lipinski definition) is 3. The van der Waals surface area contributed by atoms with E-state index in [1.807, 2.05) is 38.2 Å². The third-order valence-electron chi connectivity index (χ3n) is 7.25. The average molecular weight is 541 g/mol. The first-order chi connectivity index (χ1) is 19.4. The van der Waals surface area contributed by atoms with Crippen LogP contribution in [0, 0.1) is 13.8 Å². The Labute approximate surface area is 232 Å². The summed E-state index contributed by atoms with van der Waals surface area (Å²) in [6.45, 7) is 5.97. The van der Waals surface area contributed by atoms with Crippen molar-refractivity contribution in [3.05, 3.63) is 59.4 Å². The molecule has 12 heteroatoms. The van der Waals surface area contributed by atoms with E-state index in [1.54, 1.807) is 7.05 Å². The molecule has 3 aromatic heterocycles. The van der Waals surface area contributed by atoms with E-state index in [0.717, 1.165) is 54.3 Å². The number of ether oxygens (including phenoxy) is 1. The summed E-state index contributed by atoms with van der Waals surface area (Å²) in [6, 6.07) is 8.26. The lowest BCUT2D eigenvalue weighted by atomic mass is 9.97. The molecule has 40 heavy (non-hydrogen) atoms. The fraction of sp³-hybridized carbons (Fsp3) is 0.357. The molecule has 0 unspecified atom stereocenters. The molecular weight excluding hydrogens is 508 g/mol. The summed E-state index contributed by atoms with van der Waals surface area (Å²) in [6.07, 6.45) is 5.40. The van der Waals surface area contributed by atoms with Gasteiger partial charge in [0.15, 0.2) is 0 Å². The van der Waals surface area contributed by atoms with Crippen molar-refractivity contribution in [1.82, 2.24) is 35.0 Å². The Kier molecular flexibility index (Phi) is 6.76. The summed E-state index contributed by atoms with van der Waals surface area (Å²) in [5, 5.41) is 14.0. The molecule has 0 radical (unpaired) electrons. The van der Waals surface area contributed by atoms with E-state index in [4.69, 9.17) is 9.84 Å². The fourth-order valence-electron chi connectivity index (χ4n) is 5.45. The first kappa shape index (κ1) is 25.7. The Morgan fingerprint density at radius 3 is 2.65 bits per heavy atom. The van der Waals surface area contributed by atoms with Crippen LogP contribution in [0.5, 0.6) is 0 Å². The molecule has 0 atom stereocenters. The zero-order valence-corrected chi connectivity index (χ0v) is 23.0. The van der Waals surface area contributed by atoms with Crippen molar-refractivity contribution < 1.29 is 9.53 Å². The van der Waals surface area contributed by atoms with Gasteiger partial charge >= 0.3 is 0 Å². The topological polar surface area (TPSA) is 135 Å². The number of amides is 1. The quantitative estimate of drug-likeness (QED) is 0.330. The standard InChI is InChI=1S/C28H32N10O2/c1-16-12-24(33-17(2)32-16)35-28-30-13-21(27(39)29-3)26(36-28)34-22-7-5-6-19-20-14-31-38(18-8-10-40-11-9-18)23(20)15-37(4)25(19)22/h5-7,12-14,18H,8-11,15H2,1-4H3,(H,29,39)(H2,30,32,33,34,35,36). The second kappa shape index (κ2) is 10.5. The number of carbonyl (C=O) groups is 1. The number of nitrogens with one attached hydrogen (secondary N) is 3. The molecule has 2 aliphatic rings. The van der Waals surface area contributed by atoms with E-state index < -0.39 is 0 Å². The van der Waals surface area contributed by atoms with E-state index in [9.17, 15) is 4.79 Å². The van der Waals surface area contributed by atoms with E-state index in [1.165, 1.54) is 11.9 Å². The van der Waals surface area contributed by atoms with Gasteiger partial charge in [0.05, 0.1) is 35.9 Å². The van der Waals surface area contributed by atoms with Crippen molar-refractivity contribution in [2.45, 2.75) is 39.3 Å². The second-order valence-electron chi connectivity index (χ2n) is 10.1. The number of rotatable bonds is 6. The summed E-state index contributed by atoms with van der Waals surface area (Å²) >= 11 is 0. The molecule has 1 saturated heterocycles. The van der Waals surface area contributed by atoms with Crippen molar-refractivity contribution in [1.29, 1.82) is 0 Å². The van der Waals surface area contributed by atoms with E-state index >= 15 is 0 Å². The van der Waals surface area contributed by atoms with Gasteiger partial charge in [0.2, 0.25) is 5.95 Å². The van der Waals surface area contributed by atoms with Crippen molar-refractivity contribution in [2.75, 3.05) is 42.8 Å². The molecule has 206 valence electrons. The normalized spacial score (nSPS) is 14.8. The van der Waals surface area contributed by atoms with Gasteiger partial charge in [-0.05, 0) is 32.8 Å². The lowest BCUT2D eigenvalue weighted by Gasteiger charge is -2.32. The number of benzene rings is 1. The molecule has 0 bridgehead atoms. The average Bonchev–Trinajstić information content (AvgIpc) is 3.37. The number of para-hydroxylation sites is 1. The van der Waals surface area contributed by atoms with Crippen molar-refractivity contribution in [3.8, 4) is 11.1 Å². The van der Waals surface area contributed by atoms with Crippen molar-refractivity contribution >= 4 is 34.9 Å². The van der Waals surface area contributed by atoms with E-state index in [-0.39, 0.29) is 5.91 Å². The lowest BCUT2D eigenvalue weighted by molar-refractivity contribution is 0.0654. The molecule has 2 aliphatic heterocycles. The molecule has 3 N–H and O–H groups in total. The predicted octanol–water partition coefficient (Wildman–Crippen LogP) is 3.90. The molecule has 4 aromatic rings. The minimum absolute atomic E-state index is 0.291. The smallest absolute Gasteiger partial charge is 0.256 e. The van der Waals surface area contributed by atoms with Gasteiger partial charge in [-0.25, -0.2) is 15.0 Å². The minimum atomic E-state index is -0.291. The van der Waals surface area contributed by atoms with Crippen LogP contribution in [0.4, 0.5) is 29.0 Å². The zero-order valence-electron chi connectivity index (χ0n) is 23.0. The third-order valence-corrected chi connectivity index (χ3v) is 7.25. The number of aromatic nitrogens is 6. The predicted molar refractivity (Wildman–Crippen MR) is 152 cm³/mol. The van der Waals surface area contributed by atoms with Crippen LogP contribution in [0.2, 0.25) is 0 Å². The van der Waals surface area contributed by atoms with Gasteiger partial charge in [-0.1, -0.05) is 12.1 Å². The first-order valence-electron chi connectivity index (χ1n) is 13.4. The molecule has 0 aliphatic carbocycles. The number of hydrogen-bond acceptors (Lipinski definition) is 10. The molecule has 0 spiro atoms. The Bertz CT molecular complexity index is 1560. The maximum atomic E-state index is 12.8. The number of aryl methyl sites for hydroxylation is 2. The van der Waals surface area contributed by atoms with Crippen molar-refractivity contribution in [3.63, 3.8) is 0 Å². The van der Waals surface area contributed by atoms with Crippen LogP contribution in [-0.4, -0.2) is 62.9 Å². The molecule has 1 aromatic carbocycles. The summed E-state index contributed by atoms with van der Waals surface area (Å²) in [7, 11) is 3.65. The zero-order chi connectivity index (χ0) is 27.8.